The van der Waals surface area contributed by atoms with Crippen LogP contribution in [0.25, 0.3) is 0 Å². The van der Waals surface area contributed by atoms with Crippen molar-refractivity contribution >= 4 is 0 Å². The molecule has 0 spiro atoms. The van der Waals surface area contributed by atoms with Gasteiger partial charge in [-0.15, -0.1) is 0 Å². The highest BCUT2D eigenvalue weighted by molar-refractivity contribution is 4.95. The molecule has 2 rings (SSSR count). The molecule has 0 aliphatic carbocycles. The smallest absolute Gasteiger partial charge is 0.312 e. The number of hydrogen-bond donors (Lipinski definition) is 0. The average Bonchev–Trinajstić information content (AvgIpc) is 2.65. The molecule has 4 unspecified atom stereocenters. The quantitative estimate of drug-likeness (QED) is 0.443. The molecule has 0 radical (unpaired) electrons. The normalized spacial score (nSPS) is 28.7. The Balaban J connectivity index is 2.08. The van der Waals surface area contributed by atoms with Gasteiger partial charge in [0.15, 0.2) is 12.6 Å². The third-order valence-corrected chi connectivity index (χ3v) is 5.34. The Labute approximate surface area is 152 Å². The van der Waals surface area contributed by atoms with Crippen LogP contribution in [-0.2, 0) is 18.9 Å². The zero-order valence-corrected chi connectivity index (χ0v) is 15.4. The zero-order chi connectivity index (χ0) is 19.2. The molecule has 0 aromatic heterocycles. The molecule has 0 aromatic rings. The third-order valence-electron chi connectivity index (χ3n) is 5.34. The Morgan fingerprint density at radius 3 is 1.50 bits per heavy atom. The van der Waals surface area contributed by atoms with Crippen LogP contribution in [0.5, 0.6) is 0 Å². The first-order valence-electron chi connectivity index (χ1n) is 9.05. The predicted molar refractivity (Wildman–Crippen MR) is 89.9 cm³/mol. The summed E-state index contributed by atoms with van der Waals surface area (Å²) in [6.07, 6.45) is 3.72. The minimum atomic E-state index is -1.98. The second kappa shape index (κ2) is 9.03. The van der Waals surface area contributed by atoms with Gasteiger partial charge in [0, 0.05) is 36.9 Å². The molecule has 0 saturated carbocycles. The summed E-state index contributed by atoms with van der Waals surface area (Å²) in [7, 11) is 0. The highest BCUT2D eigenvalue weighted by Crippen LogP contribution is 2.32. The SMILES string of the molecule is CC(COC1CCCCO1)([N+](=O)[O-])C(C)(COC1CCCCO1)[N+](=O)[O-]. The number of ether oxygens (including phenoxy) is 4. The molecule has 10 nitrogen and oxygen atoms in total. The van der Waals surface area contributed by atoms with E-state index in [9.17, 15) is 20.2 Å². The van der Waals surface area contributed by atoms with Crippen LogP contribution in [0.15, 0.2) is 0 Å². The van der Waals surface area contributed by atoms with Crippen LogP contribution >= 0.6 is 0 Å². The number of nitro groups is 2. The van der Waals surface area contributed by atoms with Gasteiger partial charge in [-0.05, 0) is 38.5 Å². The van der Waals surface area contributed by atoms with Gasteiger partial charge in [0.2, 0.25) is 0 Å². The molecule has 150 valence electrons. The summed E-state index contributed by atoms with van der Waals surface area (Å²) in [5.41, 5.74) is -3.96. The molecule has 2 fully saturated rings. The fraction of sp³-hybridized carbons (Fsp3) is 1.00. The van der Waals surface area contributed by atoms with Crippen molar-refractivity contribution < 1.29 is 28.8 Å². The topological polar surface area (TPSA) is 123 Å². The summed E-state index contributed by atoms with van der Waals surface area (Å²) in [6.45, 7) is 2.63. The predicted octanol–water partition coefficient (Wildman–Crippen LogP) is 2.14. The molecule has 2 aliphatic rings. The van der Waals surface area contributed by atoms with Crippen molar-refractivity contribution in [1.82, 2.24) is 0 Å². The van der Waals surface area contributed by atoms with Gasteiger partial charge in [-0.1, -0.05) is 0 Å². The summed E-state index contributed by atoms with van der Waals surface area (Å²) < 4.78 is 21.9. The van der Waals surface area contributed by atoms with Crippen LogP contribution in [0.4, 0.5) is 0 Å². The van der Waals surface area contributed by atoms with E-state index < -0.39 is 46.7 Å². The molecular weight excluding hydrogens is 348 g/mol. The van der Waals surface area contributed by atoms with Crippen LogP contribution in [0.2, 0.25) is 0 Å². The Bertz CT molecular complexity index is 449. The van der Waals surface area contributed by atoms with Crippen LogP contribution in [-0.4, -0.2) is 59.9 Å². The van der Waals surface area contributed by atoms with Gasteiger partial charge in [0.05, 0.1) is 0 Å². The van der Waals surface area contributed by atoms with Crippen molar-refractivity contribution in [2.75, 3.05) is 26.4 Å². The van der Waals surface area contributed by atoms with E-state index >= 15 is 0 Å². The highest BCUT2D eigenvalue weighted by Gasteiger charge is 2.65. The molecule has 0 amide bonds. The van der Waals surface area contributed by atoms with E-state index in [0.717, 1.165) is 25.7 Å². The number of rotatable bonds is 9. The van der Waals surface area contributed by atoms with Crippen molar-refractivity contribution in [1.29, 1.82) is 0 Å². The van der Waals surface area contributed by atoms with Crippen LogP contribution in [0.1, 0.15) is 52.4 Å². The van der Waals surface area contributed by atoms with Gasteiger partial charge >= 0.3 is 11.1 Å². The molecule has 0 aromatic carbocycles. The largest absolute Gasteiger partial charge is 0.353 e. The second-order valence-electron chi connectivity index (χ2n) is 7.28. The lowest BCUT2D eigenvalue weighted by Gasteiger charge is -2.34. The first-order chi connectivity index (χ1) is 12.3. The summed E-state index contributed by atoms with van der Waals surface area (Å²) in [5, 5.41) is 23.6. The first kappa shape index (κ1) is 20.9. The molecule has 2 aliphatic heterocycles. The van der Waals surface area contributed by atoms with Crippen LogP contribution in [0.3, 0.4) is 0 Å². The lowest BCUT2D eigenvalue weighted by atomic mass is 9.81. The van der Waals surface area contributed by atoms with Crippen molar-refractivity contribution in [3.05, 3.63) is 20.2 Å². The minimum Gasteiger partial charge on any atom is -0.353 e. The lowest BCUT2D eigenvalue weighted by Crippen LogP contribution is -2.65. The Hall–Kier alpha value is -1.36. The van der Waals surface area contributed by atoms with E-state index in [0.29, 0.717) is 26.1 Å². The summed E-state index contributed by atoms with van der Waals surface area (Å²) in [6, 6.07) is 0. The molecule has 2 heterocycles. The van der Waals surface area contributed by atoms with E-state index in [1.807, 2.05) is 0 Å². The Morgan fingerprint density at radius 1 is 0.846 bits per heavy atom. The van der Waals surface area contributed by atoms with E-state index in [1.165, 1.54) is 13.8 Å². The maximum absolute atomic E-state index is 11.8. The summed E-state index contributed by atoms with van der Waals surface area (Å²) >= 11 is 0. The maximum Gasteiger partial charge on any atom is 0.312 e. The fourth-order valence-corrected chi connectivity index (χ4v) is 3.01. The van der Waals surface area contributed by atoms with Gasteiger partial charge in [-0.2, -0.15) is 0 Å². The zero-order valence-electron chi connectivity index (χ0n) is 15.4. The Kier molecular flexibility index (Phi) is 7.27. The summed E-state index contributed by atoms with van der Waals surface area (Å²) in [5.74, 6) is 0. The van der Waals surface area contributed by atoms with Gasteiger partial charge < -0.3 is 18.9 Å². The molecule has 2 saturated heterocycles. The van der Waals surface area contributed by atoms with Gasteiger partial charge in [-0.3, -0.25) is 20.2 Å². The van der Waals surface area contributed by atoms with Gasteiger partial charge in [0.25, 0.3) is 0 Å². The van der Waals surface area contributed by atoms with Gasteiger partial charge in [-0.25, -0.2) is 0 Å². The standard InChI is InChI=1S/C16H28N2O8/c1-15(17(19)20,11-25-13-7-3-5-9-23-13)16(2,18(21)22)12-26-14-8-4-6-10-24-14/h13-14H,3-12H2,1-2H3. The van der Waals surface area contributed by atoms with Crippen LogP contribution < -0.4 is 0 Å². The maximum atomic E-state index is 11.8. The minimum absolute atomic E-state index is 0.434. The van der Waals surface area contributed by atoms with E-state index in [4.69, 9.17) is 18.9 Å². The molecule has 0 bridgehead atoms. The second-order valence-corrected chi connectivity index (χ2v) is 7.28. The number of nitrogens with zero attached hydrogens (tertiary/aromatic N) is 2. The average molecular weight is 376 g/mol. The fourth-order valence-electron chi connectivity index (χ4n) is 3.01. The van der Waals surface area contributed by atoms with Crippen molar-refractivity contribution in [2.45, 2.75) is 76.0 Å². The van der Waals surface area contributed by atoms with Gasteiger partial charge in [0.1, 0.15) is 13.2 Å². The molecule has 26 heavy (non-hydrogen) atoms. The number of hydrogen-bond acceptors (Lipinski definition) is 8. The Morgan fingerprint density at radius 2 is 1.23 bits per heavy atom. The van der Waals surface area contributed by atoms with Crippen molar-refractivity contribution in [2.24, 2.45) is 0 Å². The lowest BCUT2D eigenvalue weighted by molar-refractivity contribution is -0.686. The third kappa shape index (κ3) is 4.67. The molecule has 4 atom stereocenters. The first-order valence-corrected chi connectivity index (χ1v) is 9.05. The van der Waals surface area contributed by atoms with Crippen molar-refractivity contribution in [3.63, 3.8) is 0 Å². The molecule has 0 N–H and O–H groups in total. The summed E-state index contributed by atoms with van der Waals surface area (Å²) in [4.78, 5) is 22.3. The molecule has 10 heteroatoms. The highest BCUT2D eigenvalue weighted by atomic mass is 16.7. The van der Waals surface area contributed by atoms with E-state index in [1.54, 1.807) is 0 Å². The van der Waals surface area contributed by atoms with Crippen LogP contribution in [0, 0.1) is 20.2 Å². The van der Waals surface area contributed by atoms with E-state index in [-0.39, 0.29) is 0 Å². The molecular formula is C16H28N2O8. The monoisotopic (exact) mass is 376 g/mol. The van der Waals surface area contributed by atoms with Crippen molar-refractivity contribution in [3.8, 4) is 0 Å². The van der Waals surface area contributed by atoms with E-state index in [2.05, 4.69) is 0 Å².